The molecule has 8 aromatic rings. The van der Waals surface area contributed by atoms with Gasteiger partial charge in [-0.25, -0.2) is 0 Å². The van der Waals surface area contributed by atoms with Crippen molar-refractivity contribution in [3.8, 4) is 44.5 Å². The lowest BCUT2D eigenvalue weighted by Gasteiger charge is -2.24. The van der Waals surface area contributed by atoms with E-state index in [0.29, 0.717) is 0 Å². The Morgan fingerprint density at radius 1 is 0.362 bits per heavy atom. The van der Waals surface area contributed by atoms with Crippen LogP contribution < -0.4 is 0 Å². The number of fused-ring (bicyclic) bond motifs is 6. The maximum Gasteiger partial charge on any atom is 0.0159 e. The maximum absolute atomic E-state index is 2.48. The summed E-state index contributed by atoms with van der Waals surface area (Å²) in [7, 11) is 0. The van der Waals surface area contributed by atoms with Gasteiger partial charge >= 0.3 is 0 Å². The van der Waals surface area contributed by atoms with Crippen LogP contribution in [0.1, 0.15) is 36.1 Å². The molecule has 0 atom stereocenters. The molecular formula is C47H36. The van der Waals surface area contributed by atoms with Crippen molar-refractivity contribution in [1.82, 2.24) is 0 Å². The fraction of sp³-hybridized carbons (Fsp3) is 0.106. The lowest BCUT2D eigenvalue weighted by molar-refractivity contribution is 0.660. The molecule has 1 aliphatic carbocycles. The lowest BCUT2D eigenvalue weighted by Crippen LogP contribution is -2.14. The van der Waals surface area contributed by atoms with E-state index in [2.05, 4.69) is 173 Å². The Bertz CT molecular complexity index is 2550. The van der Waals surface area contributed by atoms with Gasteiger partial charge in [-0.05, 0) is 120 Å². The van der Waals surface area contributed by atoms with Crippen LogP contribution >= 0.6 is 0 Å². The first-order valence-electron chi connectivity index (χ1n) is 16.7. The third-order valence-corrected chi connectivity index (χ3v) is 10.5. The van der Waals surface area contributed by atoms with Crippen LogP contribution in [0.5, 0.6) is 0 Å². The van der Waals surface area contributed by atoms with Gasteiger partial charge in [-0.15, -0.1) is 0 Å². The summed E-state index contributed by atoms with van der Waals surface area (Å²) in [6.45, 7) is 9.18. The predicted octanol–water partition coefficient (Wildman–Crippen LogP) is 13.1. The van der Waals surface area contributed by atoms with Gasteiger partial charge in [0.05, 0.1) is 0 Å². The smallest absolute Gasteiger partial charge is 0.0159 e. The Kier molecular flexibility index (Phi) is 6.08. The number of rotatable bonds is 3. The van der Waals surface area contributed by atoms with Gasteiger partial charge in [-0.3, -0.25) is 0 Å². The van der Waals surface area contributed by atoms with Gasteiger partial charge < -0.3 is 0 Å². The SMILES string of the molecule is Cc1ccc2c(-c3cc4ccccc4cc3-c3ccccc3)c3cc(C)ccc3c(-c3ccc4c(c3)C(C)(C)c3ccccc3-4)c2c1. The molecule has 0 aromatic heterocycles. The number of benzene rings is 8. The van der Waals surface area contributed by atoms with Crippen molar-refractivity contribution in [2.75, 3.05) is 0 Å². The monoisotopic (exact) mass is 600 g/mol. The van der Waals surface area contributed by atoms with Crippen molar-refractivity contribution in [3.63, 3.8) is 0 Å². The fourth-order valence-corrected chi connectivity index (χ4v) is 8.22. The molecule has 0 radical (unpaired) electrons. The molecule has 47 heavy (non-hydrogen) atoms. The molecule has 0 bridgehead atoms. The molecule has 0 aliphatic heterocycles. The summed E-state index contributed by atoms with van der Waals surface area (Å²) in [6.07, 6.45) is 0. The molecule has 0 saturated heterocycles. The van der Waals surface area contributed by atoms with Crippen LogP contribution in [0.25, 0.3) is 76.8 Å². The average Bonchev–Trinajstić information content (AvgIpc) is 3.32. The second-order valence-corrected chi connectivity index (χ2v) is 13.9. The van der Waals surface area contributed by atoms with E-state index < -0.39 is 0 Å². The second-order valence-electron chi connectivity index (χ2n) is 13.9. The molecule has 0 saturated carbocycles. The Hall–Kier alpha value is -5.46. The van der Waals surface area contributed by atoms with Gasteiger partial charge in [0, 0.05) is 5.41 Å². The van der Waals surface area contributed by atoms with Gasteiger partial charge in [0.1, 0.15) is 0 Å². The van der Waals surface area contributed by atoms with E-state index in [4.69, 9.17) is 0 Å². The summed E-state index contributed by atoms with van der Waals surface area (Å²) in [6, 6.07) is 54.7. The first-order chi connectivity index (χ1) is 22.9. The van der Waals surface area contributed by atoms with E-state index >= 15 is 0 Å². The van der Waals surface area contributed by atoms with Crippen LogP contribution in [0, 0.1) is 13.8 Å². The minimum absolute atomic E-state index is 0.0599. The minimum Gasteiger partial charge on any atom is -0.0622 e. The lowest BCUT2D eigenvalue weighted by atomic mass is 9.79. The van der Waals surface area contributed by atoms with Crippen molar-refractivity contribution < 1.29 is 0 Å². The highest BCUT2D eigenvalue weighted by Crippen LogP contribution is 2.52. The number of hydrogen-bond acceptors (Lipinski definition) is 0. The summed E-state index contributed by atoms with van der Waals surface area (Å²) in [5, 5.41) is 7.70. The average molecular weight is 601 g/mol. The van der Waals surface area contributed by atoms with Crippen molar-refractivity contribution in [1.29, 1.82) is 0 Å². The summed E-state index contributed by atoms with van der Waals surface area (Å²) in [4.78, 5) is 0. The van der Waals surface area contributed by atoms with Gasteiger partial charge in [0.25, 0.3) is 0 Å². The van der Waals surface area contributed by atoms with Gasteiger partial charge in [0.15, 0.2) is 0 Å². The van der Waals surface area contributed by atoms with Crippen LogP contribution in [0.3, 0.4) is 0 Å². The summed E-state index contributed by atoms with van der Waals surface area (Å²) >= 11 is 0. The zero-order valence-corrected chi connectivity index (χ0v) is 27.4. The first kappa shape index (κ1) is 27.8. The quantitative estimate of drug-likeness (QED) is 0.177. The molecule has 0 heteroatoms. The van der Waals surface area contributed by atoms with E-state index in [0.717, 1.165) is 0 Å². The summed E-state index contributed by atoms with van der Waals surface area (Å²) < 4.78 is 0. The van der Waals surface area contributed by atoms with Gasteiger partial charge in [0.2, 0.25) is 0 Å². The zero-order valence-electron chi connectivity index (χ0n) is 27.4. The maximum atomic E-state index is 2.48. The first-order valence-corrected chi connectivity index (χ1v) is 16.7. The largest absolute Gasteiger partial charge is 0.0622 e. The molecule has 9 rings (SSSR count). The van der Waals surface area contributed by atoms with E-state index in [1.54, 1.807) is 0 Å². The molecule has 0 heterocycles. The molecule has 8 aromatic carbocycles. The van der Waals surface area contributed by atoms with E-state index in [9.17, 15) is 0 Å². The third kappa shape index (κ3) is 4.21. The molecule has 0 spiro atoms. The van der Waals surface area contributed by atoms with Crippen LogP contribution in [0.2, 0.25) is 0 Å². The van der Waals surface area contributed by atoms with Crippen molar-refractivity contribution >= 4 is 32.3 Å². The highest BCUT2D eigenvalue weighted by molar-refractivity contribution is 6.23. The Balaban J connectivity index is 1.41. The van der Waals surface area contributed by atoms with E-state index in [1.807, 2.05) is 0 Å². The van der Waals surface area contributed by atoms with E-state index in [1.165, 1.54) is 99.1 Å². The number of aryl methyl sites for hydroxylation is 2. The molecule has 0 N–H and O–H groups in total. The summed E-state index contributed by atoms with van der Waals surface area (Å²) in [5.74, 6) is 0. The Labute approximate surface area is 277 Å². The van der Waals surface area contributed by atoms with Crippen molar-refractivity contribution in [2.45, 2.75) is 33.1 Å². The highest BCUT2D eigenvalue weighted by Gasteiger charge is 2.35. The predicted molar refractivity (Wildman–Crippen MR) is 202 cm³/mol. The molecule has 0 nitrogen and oxygen atoms in total. The molecule has 0 fully saturated rings. The second kappa shape index (κ2) is 10.3. The van der Waals surface area contributed by atoms with Crippen molar-refractivity contribution in [3.05, 3.63) is 168 Å². The minimum atomic E-state index is -0.0599. The molecular weight excluding hydrogens is 565 g/mol. The topological polar surface area (TPSA) is 0 Å². The Morgan fingerprint density at radius 2 is 0.936 bits per heavy atom. The van der Waals surface area contributed by atoms with E-state index in [-0.39, 0.29) is 5.41 Å². The molecule has 1 aliphatic rings. The van der Waals surface area contributed by atoms with Crippen molar-refractivity contribution in [2.24, 2.45) is 0 Å². The van der Waals surface area contributed by atoms with Crippen LogP contribution in [-0.4, -0.2) is 0 Å². The normalized spacial score (nSPS) is 13.3. The van der Waals surface area contributed by atoms with Crippen LogP contribution in [0.15, 0.2) is 146 Å². The highest BCUT2D eigenvalue weighted by atomic mass is 14.4. The summed E-state index contributed by atoms with van der Waals surface area (Å²) in [5.41, 5.74) is 15.7. The Morgan fingerprint density at radius 3 is 1.66 bits per heavy atom. The molecule has 0 unspecified atom stereocenters. The zero-order chi connectivity index (χ0) is 31.9. The van der Waals surface area contributed by atoms with Gasteiger partial charge in [-0.1, -0.05) is 152 Å². The molecule has 0 amide bonds. The van der Waals surface area contributed by atoms with Crippen LogP contribution in [0.4, 0.5) is 0 Å². The van der Waals surface area contributed by atoms with Gasteiger partial charge in [-0.2, -0.15) is 0 Å². The third-order valence-electron chi connectivity index (χ3n) is 10.5. The number of hydrogen-bond donors (Lipinski definition) is 0. The standard InChI is InChI=1S/C47H36/c1-29-19-22-38-40(24-29)45(34-20-23-36-35-16-10-11-17-43(35)47(3,4)44(36)28-34)37-21-18-30(2)25-41(37)46(38)42-27-33-15-9-8-14-32(33)26-39(42)31-12-6-5-7-13-31/h5-28H,1-4H3. The fourth-order valence-electron chi connectivity index (χ4n) is 8.22. The molecule has 224 valence electrons. The van der Waals surface area contributed by atoms with Crippen LogP contribution in [-0.2, 0) is 5.41 Å².